The number of nitrogens with zero attached hydrogens (tertiary/aromatic N) is 3. The quantitative estimate of drug-likeness (QED) is 0.732. The van der Waals surface area contributed by atoms with Crippen LogP contribution < -0.4 is 5.73 Å². The zero-order chi connectivity index (χ0) is 18.8. The molecule has 4 N–H and O–H groups in total. The first-order valence-electron chi connectivity index (χ1n) is 8.23. The zero-order valence-electron chi connectivity index (χ0n) is 15.5. The molecule has 1 fully saturated rings. The van der Waals surface area contributed by atoms with Gasteiger partial charge in [-0.05, 0) is 30.7 Å². The van der Waals surface area contributed by atoms with Crippen LogP contribution in [-0.2, 0) is 0 Å². The molecule has 2 atom stereocenters. The highest BCUT2D eigenvalue weighted by atomic mass is 16.2. The van der Waals surface area contributed by atoms with Crippen LogP contribution in [0.1, 0.15) is 46.1 Å². The maximum Gasteiger partial charge on any atom is 0.145 e. The topological polar surface area (TPSA) is 97.2 Å². The number of aromatic nitrogens is 3. The predicted molar refractivity (Wildman–Crippen MR) is 101 cm³/mol. The monoisotopic (exact) mass is 336 g/mol. The highest BCUT2D eigenvalue weighted by Crippen LogP contribution is 2.45. The number of allylic oxidation sites excluding steroid dienone is 1. The molecule has 3 rings (SSSR count). The largest absolute Gasteiger partial charge is 0.400 e. The Balaban J connectivity index is 0.000000798. The van der Waals surface area contributed by atoms with Crippen molar-refractivity contribution in [3.05, 3.63) is 31.2 Å². The van der Waals surface area contributed by atoms with Gasteiger partial charge in [0.15, 0.2) is 0 Å². The SMILES string of the molecule is C=C[C@]1(C)CCC(n2ccc3c(N)ncnc32)C1.CC.CO.CO. The Morgan fingerprint density at radius 1 is 1.29 bits per heavy atom. The lowest BCUT2D eigenvalue weighted by Gasteiger charge is -2.19. The predicted octanol–water partition coefficient (Wildman–Crippen LogP) is 3.17. The van der Waals surface area contributed by atoms with Crippen molar-refractivity contribution in [3.8, 4) is 0 Å². The Labute approximate surface area is 145 Å². The van der Waals surface area contributed by atoms with Gasteiger partial charge in [0.05, 0.1) is 5.39 Å². The minimum Gasteiger partial charge on any atom is -0.400 e. The number of aliphatic hydroxyl groups is 2. The van der Waals surface area contributed by atoms with Crippen molar-refractivity contribution in [2.75, 3.05) is 20.0 Å². The molecule has 0 spiro atoms. The highest BCUT2D eigenvalue weighted by Gasteiger charge is 2.33. The number of fused-ring (bicyclic) bond motifs is 1. The summed E-state index contributed by atoms with van der Waals surface area (Å²) in [6.07, 6.45) is 9.16. The lowest BCUT2D eigenvalue weighted by atomic mass is 9.89. The summed E-state index contributed by atoms with van der Waals surface area (Å²) in [5, 5.41) is 14.9. The van der Waals surface area contributed by atoms with Crippen molar-refractivity contribution in [3.63, 3.8) is 0 Å². The molecular weight excluding hydrogens is 304 g/mol. The van der Waals surface area contributed by atoms with Gasteiger partial charge in [-0.25, -0.2) is 9.97 Å². The van der Waals surface area contributed by atoms with Crippen molar-refractivity contribution in [2.45, 2.75) is 46.1 Å². The number of aliphatic hydroxyl groups excluding tert-OH is 2. The summed E-state index contributed by atoms with van der Waals surface area (Å²) in [5.74, 6) is 0.559. The van der Waals surface area contributed by atoms with Crippen molar-refractivity contribution >= 4 is 16.9 Å². The molecule has 0 bridgehead atoms. The Morgan fingerprint density at radius 3 is 2.46 bits per heavy atom. The summed E-state index contributed by atoms with van der Waals surface area (Å²) < 4.78 is 2.24. The van der Waals surface area contributed by atoms with Crippen molar-refractivity contribution in [1.82, 2.24) is 14.5 Å². The fraction of sp³-hybridized carbons (Fsp3) is 0.556. The molecule has 0 radical (unpaired) electrons. The maximum absolute atomic E-state index is 7.00. The first kappa shape index (κ1) is 22.1. The molecule has 0 aromatic carbocycles. The van der Waals surface area contributed by atoms with E-state index < -0.39 is 0 Å². The van der Waals surface area contributed by atoms with Gasteiger partial charge in [0.25, 0.3) is 0 Å². The number of nitrogens with two attached hydrogens (primary N) is 1. The molecule has 2 heterocycles. The van der Waals surface area contributed by atoms with Gasteiger partial charge >= 0.3 is 0 Å². The van der Waals surface area contributed by atoms with Crippen LogP contribution in [0.25, 0.3) is 11.0 Å². The normalized spacial score (nSPS) is 21.5. The van der Waals surface area contributed by atoms with Crippen molar-refractivity contribution < 1.29 is 10.2 Å². The van der Waals surface area contributed by atoms with Crippen LogP contribution >= 0.6 is 0 Å². The van der Waals surface area contributed by atoms with Gasteiger partial charge in [-0.1, -0.05) is 26.8 Å². The van der Waals surface area contributed by atoms with Gasteiger partial charge < -0.3 is 20.5 Å². The van der Waals surface area contributed by atoms with Crippen LogP contribution in [0.5, 0.6) is 0 Å². The second-order valence-electron chi connectivity index (χ2n) is 5.47. The lowest BCUT2D eigenvalue weighted by Crippen LogP contribution is -2.10. The Kier molecular flexibility index (Phi) is 9.92. The Morgan fingerprint density at radius 2 is 1.92 bits per heavy atom. The number of hydrogen-bond donors (Lipinski definition) is 3. The van der Waals surface area contributed by atoms with Crippen LogP contribution in [0.3, 0.4) is 0 Å². The zero-order valence-corrected chi connectivity index (χ0v) is 15.5. The van der Waals surface area contributed by atoms with Gasteiger partial charge in [-0.2, -0.15) is 0 Å². The molecule has 6 nitrogen and oxygen atoms in total. The van der Waals surface area contributed by atoms with E-state index in [9.17, 15) is 0 Å². The number of hydrogen-bond acceptors (Lipinski definition) is 5. The van der Waals surface area contributed by atoms with Gasteiger partial charge in [0.2, 0.25) is 0 Å². The lowest BCUT2D eigenvalue weighted by molar-refractivity contribution is 0.399. The van der Waals surface area contributed by atoms with Crippen molar-refractivity contribution in [1.29, 1.82) is 0 Å². The average molecular weight is 336 g/mol. The molecule has 2 aromatic heterocycles. The minimum absolute atomic E-state index is 0.250. The fourth-order valence-corrected chi connectivity index (χ4v) is 2.95. The van der Waals surface area contributed by atoms with E-state index in [2.05, 4.69) is 40.3 Å². The molecule has 1 aliphatic carbocycles. The fourth-order valence-electron chi connectivity index (χ4n) is 2.95. The third kappa shape index (κ3) is 4.79. The number of rotatable bonds is 2. The average Bonchev–Trinajstić information content (AvgIpc) is 3.25. The molecule has 1 aliphatic rings. The smallest absolute Gasteiger partial charge is 0.145 e. The van der Waals surface area contributed by atoms with E-state index in [1.165, 1.54) is 12.7 Å². The molecule has 1 saturated carbocycles. The molecule has 2 aromatic rings. The number of nitrogen functional groups attached to an aromatic ring is 1. The summed E-state index contributed by atoms with van der Waals surface area (Å²) in [6, 6.07) is 2.49. The van der Waals surface area contributed by atoms with Gasteiger partial charge in [0.1, 0.15) is 17.8 Å². The second-order valence-corrected chi connectivity index (χ2v) is 5.47. The molecule has 0 saturated heterocycles. The van der Waals surface area contributed by atoms with Gasteiger partial charge in [-0.3, -0.25) is 0 Å². The van der Waals surface area contributed by atoms with Crippen LogP contribution in [0.4, 0.5) is 5.82 Å². The molecule has 136 valence electrons. The van der Waals surface area contributed by atoms with Gasteiger partial charge in [-0.15, -0.1) is 6.58 Å². The van der Waals surface area contributed by atoms with Crippen LogP contribution in [-0.4, -0.2) is 39.0 Å². The number of anilines is 1. The van der Waals surface area contributed by atoms with Crippen LogP contribution in [0.15, 0.2) is 31.2 Å². The van der Waals surface area contributed by atoms with Crippen LogP contribution in [0, 0.1) is 5.41 Å². The third-order valence-electron chi connectivity index (χ3n) is 4.18. The molecule has 24 heavy (non-hydrogen) atoms. The van der Waals surface area contributed by atoms with E-state index in [0.717, 1.165) is 38.1 Å². The summed E-state index contributed by atoms with van der Waals surface area (Å²) >= 11 is 0. The molecule has 0 amide bonds. The second kappa shape index (κ2) is 10.8. The van der Waals surface area contributed by atoms with Gasteiger partial charge in [0, 0.05) is 26.5 Å². The summed E-state index contributed by atoms with van der Waals surface area (Å²) in [6.45, 7) is 10.2. The molecule has 0 aliphatic heterocycles. The summed E-state index contributed by atoms with van der Waals surface area (Å²) in [7, 11) is 2.00. The molecule has 1 unspecified atom stereocenters. The van der Waals surface area contributed by atoms with E-state index in [-0.39, 0.29) is 5.41 Å². The Hall–Kier alpha value is -1.92. The molecule has 6 heteroatoms. The first-order chi connectivity index (χ1) is 11.6. The Bertz CT molecular complexity index is 612. The van der Waals surface area contributed by atoms with Crippen molar-refractivity contribution in [2.24, 2.45) is 5.41 Å². The van der Waals surface area contributed by atoms with E-state index >= 15 is 0 Å². The van der Waals surface area contributed by atoms with E-state index in [1.807, 2.05) is 19.9 Å². The maximum atomic E-state index is 7.00. The van der Waals surface area contributed by atoms with E-state index in [1.54, 1.807) is 0 Å². The van der Waals surface area contributed by atoms with E-state index in [0.29, 0.717) is 11.9 Å². The minimum atomic E-state index is 0.250. The standard InChI is InChI=1S/C14H18N4.C2H6.2CH4O/c1-3-14(2)6-4-10(8-14)18-7-5-11-12(15)16-9-17-13(11)18;3*1-2/h3,5,7,9-10H,1,4,6,8H2,2H3,(H2,15,16,17);1-2H3;2*2H,1H3/t10?,14-;;;/m1.../s1. The summed E-state index contributed by atoms with van der Waals surface area (Å²) in [5.41, 5.74) is 7.06. The first-order valence-corrected chi connectivity index (χ1v) is 8.23. The highest BCUT2D eigenvalue weighted by molar-refractivity contribution is 5.86. The third-order valence-corrected chi connectivity index (χ3v) is 4.18. The molecular formula is C18H32N4O2. The summed E-state index contributed by atoms with van der Waals surface area (Å²) in [4.78, 5) is 8.40. The van der Waals surface area contributed by atoms with E-state index in [4.69, 9.17) is 15.9 Å². The van der Waals surface area contributed by atoms with Crippen LogP contribution in [0.2, 0.25) is 0 Å².